The molecule has 0 aromatic rings. The van der Waals surface area contributed by atoms with Gasteiger partial charge in [-0.05, 0) is 20.9 Å². The minimum atomic E-state index is -0.272. The molecule has 1 saturated heterocycles. The maximum Gasteiger partial charge on any atom is 0.139 e. The van der Waals surface area contributed by atoms with Gasteiger partial charge in [-0.2, -0.15) is 0 Å². The average Bonchev–Trinajstić information content (AvgIpc) is 2.10. The van der Waals surface area contributed by atoms with Crippen LogP contribution in [0.1, 0.15) is 13.8 Å². The molecular weight excluding hydrogens is 130 g/mol. The monoisotopic (exact) mass is 143 g/mol. The van der Waals surface area contributed by atoms with Crippen molar-refractivity contribution in [2.24, 2.45) is 0 Å². The van der Waals surface area contributed by atoms with Crippen molar-refractivity contribution in [1.82, 2.24) is 4.90 Å². The van der Waals surface area contributed by atoms with Gasteiger partial charge in [0.25, 0.3) is 0 Å². The molecule has 0 unspecified atom stereocenters. The lowest BCUT2D eigenvalue weighted by Gasteiger charge is -2.27. The van der Waals surface area contributed by atoms with Crippen LogP contribution < -0.4 is 0 Å². The Morgan fingerprint density at radius 3 is 2.50 bits per heavy atom. The van der Waals surface area contributed by atoms with Crippen LogP contribution in [0.4, 0.5) is 0 Å². The van der Waals surface area contributed by atoms with E-state index in [9.17, 15) is 4.79 Å². The molecule has 3 nitrogen and oxygen atoms in total. The highest BCUT2D eigenvalue weighted by Crippen LogP contribution is 2.23. The lowest BCUT2D eigenvalue weighted by Crippen LogP contribution is -2.41. The molecule has 1 aliphatic heterocycles. The molecule has 0 aliphatic carbocycles. The Labute approximate surface area is 61.0 Å². The summed E-state index contributed by atoms with van der Waals surface area (Å²) in [5, 5.41) is 0. The molecule has 1 heterocycles. The molecule has 1 fully saturated rings. The van der Waals surface area contributed by atoms with Crippen LogP contribution in [0.25, 0.3) is 0 Å². The van der Waals surface area contributed by atoms with Crippen LogP contribution in [0.2, 0.25) is 0 Å². The van der Waals surface area contributed by atoms with Crippen LogP contribution in [0.5, 0.6) is 0 Å². The fourth-order valence-corrected chi connectivity index (χ4v) is 1.03. The second-order valence-corrected chi connectivity index (χ2v) is 3.07. The highest BCUT2D eigenvalue weighted by Gasteiger charge is 2.37. The largest absolute Gasteiger partial charge is 0.359 e. The summed E-state index contributed by atoms with van der Waals surface area (Å²) in [5.41, 5.74) is -0.272. The zero-order valence-electron chi connectivity index (χ0n) is 6.63. The summed E-state index contributed by atoms with van der Waals surface area (Å²) < 4.78 is 5.35. The van der Waals surface area contributed by atoms with E-state index < -0.39 is 0 Å². The maximum atomic E-state index is 10.4. The van der Waals surface area contributed by atoms with Gasteiger partial charge in [0.1, 0.15) is 12.0 Å². The molecular formula is C7H13NO2. The quantitative estimate of drug-likeness (QED) is 0.493. The van der Waals surface area contributed by atoms with Crippen molar-refractivity contribution in [3.8, 4) is 0 Å². The molecule has 1 aliphatic rings. The molecule has 0 saturated carbocycles. The van der Waals surface area contributed by atoms with Gasteiger partial charge in [-0.15, -0.1) is 0 Å². The highest BCUT2D eigenvalue weighted by molar-refractivity contribution is 5.58. The summed E-state index contributed by atoms with van der Waals surface area (Å²) in [6.07, 6.45) is 0.925. The Morgan fingerprint density at radius 2 is 2.30 bits per heavy atom. The number of carbonyl (C=O) groups is 1. The van der Waals surface area contributed by atoms with Gasteiger partial charge in [-0.25, -0.2) is 0 Å². The summed E-state index contributed by atoms with van der Waals surface area (Å²) in [5.74, 6) is 0. The first-order valence-electron chi connectivity index (χ1n) is 3.40. The number of hydrogen-bond acceptors (Lipinski definition) is 3. The van der Waals surface area contributed by atoms with Crippen molar-refractivity contribution in [1.29, 1.82) is 0 Å². The molecule has 1 rings (SSSR count). The van der Waals surface area contributed by atoms with Crippen molar-refractivity contribution in [3.05, 3.63) is 0 Å². The Hall–Kier alpha value is -0.410. The standard InChI is InChI=1S/C7H13NO2/c1-7(2)8(3)6(4-9)5-10-7/h4,6H,5H2,1-3H3/t6-/m1/s1. The van der Waals surface area contributed by atoms with Crippen molar-refractivity contribution in [2.45, 2.75) is 25.6 Å². The normalized spacial score (nSPS) is 32.5. The summed E-state index contributed by atoms with van der Waals surface area (Å²) in [6.45, 7) is 4.43. The van der Waals surface area contributed by atoms with Crippen molar-refractivity contribution in [3.63, 3.8) is 0 Å². The number of likely N-dealkylation sites (N-methyl/N-ethyl adjacent to an activating group) is 1. The fourth-order valence-electron chi connectivity index (χ4n) is 1.03. The van der Waals surface area contributed by atoms with Crippen LogP contribution >= 0.6 is 0 Å². The Morgan fingerprint density at radius 1 is 1.70 bits per heavy atom. The minimum Gasteiger partial charge on any atom is -0.359 e. The van der Waals surface area contributed by atoms with Gasteiger partial charge < -0.3 is 9.53 Å². The van der Waals surface area contributed by atoms with Gasteiger partial charge in [-0.1, -0.05) is 0 Å². The van der Waals surface area contributed by atoms with Crippen LogP contribution in [0, 0.1) is 0 Å². The van der Waals surface area contributed by atoms with E-state index in [4.69, 9.17) is 4.74 Å². The average molecular weight is 143 g/mol. The first-order chi connectivity index (χ1) is 4.58. The highest BCUT2D eigenvalue weighted by atomic mass is 16.5. The van der Waals surface area contributed by atoms with Crippen LogP contribution in [-0.2, 0) is 9.53 Å². The van der Waals surface area contributed by atoms with Gasteiger partial charge in [0, 0.05) is 0 Å². The maximum absolute atomic E-state index is 10.4. The van der Waals surface area contributed by atoms with Gasteiger partial charge in [0.05, 0.1) is 12.6 Å². The predicted octanol–water partition coefficient (Wildman–Crippen LogP) is 0.252. The molecule has 0 N–H and O–H groups in total. The summed E-state index contributed by atoms with van der Waals surface area (Å²) in [4.78, 5) is 12.3. The van der Waals surface area contributed by atoms with Crippen molar-refractivity contribution < 1.29 is 9.53 Å². The van der Waals surface area contributed by atoms with Crippen LogP contribution in [-0.4, -0.2) is 36.6 Å². The molecule has 0 radical (unpaired) electrons. The number of hydrogen-bond donors (Lipinski definition) is 0. The zero-order chi connectivity index (χ0) is 7.78. The predicted molar refractivity (Wildman–Crippen MR) is 37.6 cm³/mol. The Kier molecular flexibility index (Phi) is 1.79. The smallest absolute Gasteiger partial charge is 0.139 e. The van der Waals surface area contributed by atoms with E-state index in [0.29, 0.717) is 6.61 Å². The first kappa shape index (κ1) is 7.69. The van der Waals surface area contributed by atoms with E-state index in [1.165, 1.54) is 0 Å². The van der Waals surface area contributed by atoms with Crippen molar-refractivity contribution in [2.75, 3.05) is 13.7 Å². The lowest BCUT2D eigenvalue weighted by molar-refractivity contribution is -0.112. The molecule has 0 spiro atoms. The van der Waals surface area contributed by atoms with Crippen LogP contribution in [0.15, 0.2) is 0 Å². The molecule has 1 atom stereocenters. The number of aldehydes is 1. The van der Waals surface area contributed by atoms with E-state index in [1.807, 2.05) is 25.8 Å². The molecule has 0 bridgehead atoms. The topological polar surface area (TPSA) is 29.5 Å². The third kappa shape index (κ3) is 1.07. The van der Waals surface area contributed by atoms with E-state index in [2.05, 4.69) is 0 Å². The van der Waals surface area contributed by atoms with E-state index in [1.54, 1.807) is 0 Å². The second-order valence-electron chi connectivity index (χ2n) is 3.07. The second kappa shape index (κ2) is 2.32. The van der Waals surface area contributed by atoms with Gasteiger partial charge in [-0.3, -0.25) is 4.90 Å². The number of ether oxygens (including phenoxy) is 1. The zero-order valence-corrected chi connectivity index (χ0v) is 6.63. The van der Waals surface area contributed by atoms with E-state index >= 15 is 0 Å². The minimum absolute atomic E-state index is 0.0602. The number of carbonyl (C=O) groups excluding carboxylic acids is 1. The van der Waals surface area contributed by atoms with Crippen LogP contribution in [0.3, 0.4) is 0 Å². The molecule has 58 valence electrons. The molecule has 0 amide bonds. The summed E-state index contributed by atoms with van der Waals surface area (Å²) in [7, 11) is 1.89. The Bertz CT molecular complexity index is 145. The first-order valence-corrected chi connectivity index (χ1v) is 3.40. The molecule has 3 heteroatoms. The third-order valence-corrected chi connectivity index (χ3v) is 2.11. The van der Waals surface area contributed by atoms with Gasteiger partial charge in [0.15, 0.2) is 0 Å². The molecule has 0 aromatic carbocycles. The number of nitrogens with zero attached hydrogens (tertiary/aromatic N) is 1. The van der Waals surface area contributed by atoms with Crippen molar-refractivity contribution >= 4 is 6.29 Å². The molecule has 0 aromatic heterocycles. The summed E-state index contributed by atoms with van der Waals surface area (Å²) >= 11 is 0. The van der Waals surface area contributed by atoms with E-state index in [-0.39, 0.29) is 11.8 Å². The SMILES string of the molecule is CN1[C@H](C=O)COC1(C)C. The summed E-state index contributed by atoms with van der Waals surface area (Å²) in [6, 6.07) is -0.0602. The molecule has 10 heavy (non-hydrogen) atoms. The Balaban J connectivity index is 2.66. The van der Waals surface area contributed by atoms with Gasteiger partial charge in [0.2, 0.25) is 0 Å². The number of rotatable bonds is 1. The third-order valence-electron chi connectivity index (χ3n) is 2.11. The van der Waals surface area contributed by atoms with Gasteiger partial charge >= 0.3 is 0 Å². The lowest BCUT2D eigenvalue weighted by atomic mass is 10.2. The fraction of sp³-hybridized carbons (Fsp3) is 0.857. The van der Waals surface area contributed by atoms with E-state index in [0.717, 1.165) is 6.29 Å².